The van der Waals surface area contributed by atoms with Gasteiger partial charge in [-0.15, -0.1) is 0 Å². The topological polar surface area (TPSA) is 38.8 Å². The van der Waals surface area contributed by atoms with E-state index in [0.717, 1.165) is 16.7 Å². The molecule has 0 heterocycles. The van der Waals surface area contributed by atoms with Crippen LogP contribution < -0.4 is 4.74 Å². The van der Waals surface area contributed by atoms with Gasteiger partial charge in [0.1, 0.15) is 5.75 Å². The van der Waals surface area contributed by atoms with Crippen molar-refractivity contribution < 1.29 is 14.3 Å². The Labute approximate surface area is 137 Å². The number of ether oxygens (including phenoxy) is 2. The number of hydrogen-bond donors (Lipinski definition) is 0. The average molecular weight is 313 g/mol. The molecule has 2 rings (SSSR count). The summed E-state index contributed by atoms with van der Waals surface area (Å²) in [5, 5.41) is 0. The van der Waals surface area contributed by atoms with E-state index < -0.39 is 6.29 Å². The first-order valence-electron chi connectivity index (χ1n) is 7.57. The van der Waals surface area contributed by atoms with Crippen molar-refractivity contribution in [3.63, 3.8) is 0 Å². The average Bonchev–Trinajstić information content (AvgIpc) is 2.50. The van der Waals surface area contributed by atoms with Gasteiger partial charge >= 0.3 is 0 Å². The Kier molecular flexibility index (Phi) is 5.77. The number of aryl methyl sites for hydroxylation is 2. The smallest absolute Gasteiger partial charge is 0.291 e. The summed E-state index contributed by atoms with van der Waals surface area (Å²) in [6.07, 6.45) is -0.966. The largest absolute Gasteiger partial charge is 0.455 e. The second-order valence-electron chi connectivity index (χ2n) is 5.80. The Morgan fingerprint density at radius 3 is 2.22 bits per heavy atom. The van der Waals surface area contributed by atoms with E-state index in [-0.39, 0.29) is 5.91 Å². The lowest BCUT2D eigenvalue weighted by Crippen LogP contribution is -2.39. The molecule has 122 valence electrons. The number of nitrogens with zero attached hydrogens (tertiary/aromatic N) is 1. The van der Waals surface area contributed by atoms with Crippen LogP contribution in [0.1, 0.15) is 16.7 Å². The minimum absolute atomic E-state index is 0.222. The molecule has 0 aromatic heterocycles. The molecule has 4 nitrogen and oxygen atoms in total. The summed E-state index contributed by atoms with van der Waals surface area (Å²) in [5.74, 6) is 0.413. The minimum atomic E-state index is -0.966. The summed E-state index contributed by atoms with van der Waals surface area (Å²) in [4.78, 5) is 13.8. The number of amides is 1. The van der Waals surface area contributed by atoms with Gasteiger partial charge in [0, 0.05) is 14.1 Å². The molecule has 2 aromatic rings. The van der Waals surface area contributed by atoms with Crippen molar-refractivity contribution in [2.24, 2.45) is 0 Å². The molecule has 0 aliphatic carbocycles. The molecular weight excluding hydrogens is 290 g/mol. The van der Waals surface area contributed by atoms with Gasteiger partial charge < -0.3 is 14.4 Å². The normalized spacial score (nSPS) is 11.8. The number of carbonyl (C=O) groups is 1. The summed E-state index contributed by atoms with van der Waals surface area (Å²) in [6, 6.07) is 15.6. The van der Waals surface area contributed by atoms with E-state index in [4.69, 9.17) is 9.47 Å². The maximum atomic E-state index is 12.3. The molecule has 23 heavy (non-hydrogen) atoms. The molecule has 0 aliphatic heterocycles. The quantitative estimate of drug-likeness (QED) is 0.768. The molecule has 0 saturated carbocycles. The molecule has 1 amide bonds. The van der Waals surface area contributed by atoms with Gasteiger partial charge in [-0.2, -0.15) is 0 Å². The van der Waals surface area contributed by atoms with E-state index in [1.807, 2.05) is 56.3 Å². The van der Waals surface area contributed by atoms with Crippen LogP contribution in [-0.4, -0.2) is 31.2 Å². The number of carbonyl (C=O) groups excluding carboxylic acids is 1. The molecule has 0 radical (unpaired) electrons. The minimum Gasteiger partial charge on any atom is -0.455 e. The first-order valence-corrected chi connectivity index (χ1v) is 7.57. The third kappa shape index (κ3) is 5.11. The monoisotopic (exact) mass is 313 g/mol. The fourth-order valence-electron chi connectivity index (χ4n) is 2.24. The number of hydrogen-bond acceptors (Lipinski definition) is 3. The summed E-state index contributed by atoms with van der Waals surface area (Å²) in [7, 11) is 3.37. The van der Waals surface area contributed by atoms with Gasteiger partial charge in [0.25, 0.3) is 12.2 Å². The van der Waals surface area contributed by atoms with Crippen LogP contribution in [0.3, 0.4) is 0 Å². The molecule has 0 spiro atoms. The van der Waals surface area contributed by atoms with Crippen LogP contribution in [0, 0.1) is 13.8 Å². The van der Waals surface area contributed by atoms with E-state index in [2.05, 4.69) is 6.07 Å². The van der Waals surface area contributed by atoms with Crippen molar-refractivity contribution in [3.05, 3.63) is 65.2 Å². The van der Waals surface area contributed by atoms with Crippen LogP contribution in [0.5, 0.6) is 5.75 Å². The molecule has 0 aliphatic rings. The third-order valence-electron chi connectivity index (χ3n) is 3.32. The Hall–Kier alpha value is -2.33. The Balaban J connectivity index is 2.12. The molecule has 2 aromatic carbocycles. The van der Waals surface area contributed by atoms with Crippen LogP contribution in [0.25, 0.3) is 0 Å². The van der Waals surface area contributed by atoms with Gasteiger partial charge in [0.05, 0.1) is 6.61 Å². The first-order chi connectivity index (χ1) is 11.0. The van der Waals surface area contributed by atoms with Gasteiger partial charge in [-0.3, -0.25) is 4.79 Å². The molecule has 4 heteroatoms. The molecule has 0 saturated heterocycles. The molecule has 0 bridgehead atoms. The van der Waals surface area contributed by atoms with Crippen molar-refractivity contribution in [1.29, 1.82) is 0 Å². The van der Waals surface area contributed by atoms with Crippen molar-refractivity contribution in [2.45, 2.75) is 26.7 Å². The van der Waals surface area contributed by atoms with Gasteiger partial charge in [0.2, 0.25) is 0 Å². The van der Waals surface area contributed by atoms with E-state index in [9.17, 15) is 4.79 Å². The summed E-state index contributed by atoms with van der Waals surface area (Å²) >= 11 is 0. The summed E-state index contributed by atoms with van der Waals surface area (Å²) < 4.78 is 11.5. The molecule has 1 unspecified atom stereocenters. The SMILES string of the molecule is Cc1cc(C)cc(OC(OCc2ccccc2)C(=O)N(C)C)c1. The zero-order valence-corrected chi connectivity index (χ0v) is 14.1. The standard InChI is InChI=1S/C19H23NO3/c1-14-10-15(2)12-17(11-14)23-19(18(21)20(3)4)22-13-16-8-6-5-7-9-16/h5-12,19H,13H2,1-4H3. The van der Waals surface area contributed by atoms with Gasteiger partial charge in [-0.25, -0.2) is 0 Å². The van der Waals surface area contributed by atoms with Crippen molar-refractivity contribution in [2.75, 3.05) is 14.1 Å². The Morgan fingerprint density at radius 2 is 1.65 bits per heavy atom. The van der Waals surface area contributed by atoms with Crippen molar-refractivity contribution >= 4 is 5.91 Å². The first kappa shape index (κ1) is 17.0. The van der Waals surface area contributed by atoms with Crippen LogP contribution in [-0.2, 0) is 16.1 Å². The highest BCUT2D eigenvalue weighted by molar-refractivity contribution is 5.79. The van der Waals surface area contributed by atoms with Gasteiger partial charge in [-0.05, 0) is 42.7 Å². The van der Waals surface area contributed by atoms with E-state index in [1.165, 1.54) is 4.90 Å². The Bertz CT molecular complexity index is 633. The van der Waals surface area contributed by atoms with Gasteiger partial charge in [0.15, 0.2) is 0 Å². The number of rotatable bonds is 6. The van der Waals surface area contributed by atoms with Crippen LogP contribution >= 0.6 is 0 Å². The van der Waals surface area contributed by atoms with Crippen LogP contribution in [0.15, 0.2) is 48.5 Å². The molecule has 0 fully saturated rings. The number of benzene rings is 2. The second kappa shape index (κ2) is 7.79. The zero-order chi connectivity index (χ0) is 16.8. The fourth-order valence-corrected chi connectivity index (χ4v) is 2.24. The second-order valence-corrected chi connectivity index (χ2v) is 5.80. The fraction of sp³-hybridized carbons (Fsp3) is 0.316. The predicted octanol–water partition coefficient (Wildman–Crippen LogP) is 3.31. The van der Waals surface area contributed by atoms with E-state index >= 15 is 0 Å². The van der Waals surface area contributed by atoms with Crippen molar-refractivity contribution in [1.82, 2.24) is 4.90 Å². The van der Waals surface area contributed by atoms with E-state index in [0.29, 0.717) is 12.4 Å². The van der Waals surface area contributed by atoms with Gasteiger partial charge in [-0.1, -0.05) is 36.4 Å². The lowest BCUT2D eigenvalue weighted by Gasteiger charge is -2.22. The summed E-state index contributed by atoms with van der Waals surface area (Å²) in [6.45, 7) is 4.30. The lowest BCUT2D eigenvalue weighted by molar-refractivity contribution is -0.163. The third-order valence-corrected chi connectivity index (χ3v) is 3.32. The van der Waals surface area contributed by atoms with Crippen LogP contribution in [0.2, 0.25) is 0 Å². The van der Waals surface area contributed by atoms with Crippen LogP contribution in [0.4, 0.5) is 0 Å². The highest BCUT2D eigenvalue weighted by Crippen LogP contribution is 2.19. The maximum Gasteiger partial charge on any atom is 0.291 e. The lowest BCUT2D eigenvalue weighted by atomic mass is 10.1. The highest BCUT2D eigenvalue weighted by Gasteiger charge is 2.23. The highest BCUT2D eigenvalue weighted by atomic mass is 16.7. The molecule has 0 N–H and O–H groups in total. The zero-order valence-electron chi connectivity index (χ0n) is 14.1. The predicted molar refractivity (Wildman–Crippen MR) is 90.3 cm³/mol. The number of likely N-dealkylation sites (N-methyl/N-ethyl adjacent to an activating group) is 1. The summed E-state index contributed by atoms with van der Waals surface area (Å²) in [5.41, 5.74) is 3.16. The van der Waals surface area contributed by atoms with Crippen molar-refractivity contribution in [3.8, 4) is 5.75 Å². The van der Waals surface area contributed by atoms with E-state index in [1.54, 1.807) is 14.1 Å². The Morgan fingerprint density at radius 1 is 1.04 bits per heavy atom. The molecule has 1 atom stereocenters. The maximum absolute atomic E-state index is 12.3. The molecular formula is C19H23NO3.